The molecule has 0 saturated heterocycles. The molecule has 2 nitrogen and oxygen atoms in total. The Bertz CT molecular complexity index is 4750. The van der Waals surface area contributed by atoms with E-state index in [0.29, 0.717) is 22.1 Å². The topological polar surface area (TPSA) is 8.17 Å². The van der Waals surface area contributed by atoms with E-state index in [2.05, 4.69) is 228 Å². The zero-order valence-corrected chi connectivity index (χ0v) is 40.0. The minimum atomic E-state index is -1.24. The molecule has 1 spiro atoms. The Labute approximate surface area is 438 Å². The Hall–Kier alpha value is -9.50. The van der Waals surface area contributed by atoms with Crippen molar-refractivity contribution < 1.29 is 8.22 Å². The second-order valence-electron chi connectivity index (χ2n) is 19.8. The predicted octanol–water partition coefficient (Wildman–Crippen LogP) is 18.1. The minimum absolute atomic E-state index is 0.121. The van der Waals surface area contributed by atoms with Crippen molar-refractivity contribution in [1.82, 2.24) is 4.57 Å². The third-order valence-electron chi connectivity index (χ3n) is 16.4. The molecule has 1 unspecified atom stereocenters. The fourth-order valence-electron chi connectivity index (χ4n) is 13.6. The van der Waals surface area contributed by atoms with E-state index in [9.17, 15) is 6.85 Å². The number of fused-ring (bicyclic) bond motifs is 15. The van der Waals surface area contributed by atoms with Crippen LogP contribution in [0.2, 0.25) is 0 Å². The SMILES string of the molecule is [2H]c1c([2H])c2c3c(c([2H])c([2H])c([2H])c3c1[2H])C1(c3ccccc3-c3c(N(c4ccc5c(c4)C(c4ccccc4)(c4ccccc4)c4ccccc4-5)c4ccc5c6ccccc6n(-c6ccccc6)c5c4)cccc31)c1ccccc1-2. The van der Waals surface area contributed by atoms with E-state index in [1.807, 2.05) is 24.3 Å². The van der Waals surface area contributed by atoms with Gasteiger partial charge in [-0.2, -0.15) is 0 Å². The van der Waals surface area contributed by atoms with Gasteiger partial charge in [-0.3, -0.25) is 0 Å². The first-order chi connectivity index (χ1) is 39.2. The molecule has 3 aliphatic rings. The van der Waals surface area contributed by atoms with Crippen LogP contribution in [0, 0.1) is 0 Å². The Morgan fingerprint density at radius 2 is 0.892 bits per heavy atom. The van der Waals surface area contributed by atoms with Crippen molar-refractivity contribution in [3.63, 3.8) is 0 Å². The van der Waals surface area contributed by atoms with E-state index in [-0.39, 0.29) is 41.6 Å². The van der Waals surface area contributed by atoms with E-state index in [4.69, 9.17) is 1.37 Å². The van der Waals surface area contributed by atoms with Gasteiger partial charge in [0.15, 0.2) is 0 Å². The first-order valence-electron chi connectivity index (χ1n) is 28.4. The zero-order valence-electron chi connectivity index (χ0n) is 46.0. The van der Waals surface area contributed by atoms with Crippen LogP contribution >= 0.6 is 0 Å². The number of para-hydroxylation sites is 2. The Morgan fingerprint density at radius 1 is 0.351 bits per heavy atom. The van der Waals surface area contributed by atoms with Crippen molar-refractivity contribution >= 4 is 49.6 Å². The maximum atomic E-state index is 10.1. The summed E-state index contributed by atoms with van der Waals surface area (Å²) in [6.07, 6.45) is 0. The highest BCUT2D eigenvalue weighted by molar-refractivity contribution is 6.12. The number of hydrogen-bond acceptors (Lipinski definition) is 1. The Morgan fingerprint density at radius 3 is 1.64 bits per heavy atom. The van der Waals surface area contributed by atoms with Crippen LogP contribution in [0.5, 0.6) is 0 Å². The molecule has 0 bridgehead atoms. The molecular weight excluding hydrogens is 893 g/mol. The highest BCUT2D eigenvalue weighted by Crippen LogP contribution is 2.64. The predicted molar refractivity (Wildman–Crippen MR) is 307 cm³/mol. The molecule has 344 valence electrons. The van der Waals surface area contributed by atoms with Crippen LogP contribution in [0.4, 0.5) is 17.1 Å². The van der Waals surface area contributed by atoms with Gasteiger partial charge in [-0.05, 0) is 132 Å². The largest absolute Gasteiger partial charge is 0.310 e. The van der Waals surface area contributed by atoms with Crippen molar-refractivity contribution in [1.29, 1.82) is 0 Å². The second kappa shape index (κ2) is 15.5. The number of hydrogen-bond donors (Lipinski definition) is 0. The summed E-state index contributed by atoms with van der Waals surface area (Å²) in [6.45, 7) is 0. The van der Waals surface area contributed by atoms with Crippen molar-refractivity contribution in [2.24, 2.45) is 0 Å². The van der Waals surface area contributed by atoms with Gasteiger partial charge >= 0.3 is 0 Å². The van der Waals surface area contributed by atoms with Crippen LogP contribution < -0.4 is 4.90 Å². The highest BCUT2D eigenvalue weighted by Gasteiger charge is 2.51. The smallest absolute Gasteiger partial charge is 0.0726 e. The Kier molecular flexibility index (Phi) is 7.45. The monoisotopic (exact) mass is 944 g/mol. The average molecular weight is 945 g/mol. The summed E-state index contributed by atoms with van der Waals surface area (Å²) in [5, 5.41) is 2.81. The van der Waals surface area contributed by atoms with E-state index >= 15 is 0 Å². The van der Waals surface area contributed by atoms with Crippen molar-refractivity contribution in [3.8, 4) is 39.1 Å². The molecular formula is C72H46N2. The van der Waals surface area contributed by atoms with Gasteiger partial charge in [0, 0.05) is 33.4 Å². The minimum Gasteiger partial charge on any atom is -0.310 e. The maximum Gasteiger partial charge on any atom is 0.0726 e. The highest BCUT2D eigenvalue weighted by atomic mass is 15.1. The molecule has 0 N–H and O–H groups in total. The van der Waals surface area contributed by atoms with Crippen LogP contribution in [0.15, 0.2) is 279 Å². The molecule has 2 heteroatoms. The van der Waals surface area contributed by atoms with E-state index in [0.717, 1.165) is 94.6 Å². The summed E-state index contributed by atoms with van der Waals surface area (Å²) in [5.74, 6) is 0. The van der Waals surface area contributed by atoms with Crippen LogP contribution in [-0.2, 0) is 10.8 Å². The number of nitrogens with zero attached hydrogens (tertiary/aromatic N) is 2. The van der Waals surface area contributed by atoms with E-state index in [1.165, 1.54) is 11.1 Å². The summed E-state index contributed by atoms with van der Waals surface area (Å²) in [5.41, 5.74) is 17.2. The van der Waals surface area contributed by atoms with Gasteiger partial charge in [0.1, 0.15) is 0 Å². The summed E-state index contributed by atoms with van der Waals surface area (Å²) < 4.78 is 59.3. The maximum absolute atomic E-state index is 10.1. The van der Waals surface area contributed by atoms with Gasteiger partial charge in [-0.1, -0.05) is 230 Å². The lowest BCUT2D eigenvalue weighted by Crippen LogP contribution is -2.31. The lowest BCUT2D eigenvalue weighted by Gasteiger charge is -2.40. The van der Waals surface area contributed by atoms with Crippen molar-refractivity contribution in [2.75, 3.05) is 4.90 Å². The first kappa shape index (κ1) is 35.6. The number of anilines is 3. The molecule has 1 aromatic heterocycles. The van der Waals surface area contributed by atoms with Gasteiger partial charge in [0.2, 0.25) is 0 Å². The van der Waals surface area contributed by atoms with E-state index < -0.39 is 10.8 Å². The fourth-order valence-corrected chi connectivity index (χ4v) is 13.6. The van der Waals surface area contributed by atoms with Crippen molar-refractivity contribution in [3.05, 3.63) is 323 Å². The molecule has 1 atom stereocenters. The third-order valence-corrected chi connectivity index (χ3v) is 16.4. The molecule has 13 aromatic rings. The zero-order chi connectivity index (χ0) is 53.8. The van der Waals surface area contributed by atoms with Gasteiger partial charge in [0.25, 0.3) is 0 Å². The van der Waals surface area contributed by atoms with Crippen LogP contribution in [0.25, 0.3) is 71.6 Å². The number of rotatable bonds is 6. The first-order valence-corrected chi connectivity index (χ1v) is 25.4. The second-order valence-corrected chi connectivity index (χ2v) is 19.8. The van der Waals surface area contributed by atoms with Crippen LogP contribution in [0.3, 0.4) is 0 Å². The summed E-state index contributed by atoms with van der Waals surface area (Å²) in [7, 11) is 0. The summed E-state index contributed by atoms with van der Waals surface area (Å²) in [6, 6.07) is 84.9. The summed E-state index contributed by atoms with van der Waals surface area (Å²) in [4.78, 5) is 2.41. The fraction of sp³-hybridized carbons (Fsp3) is 0.0278. The molecule has 1 heterocycles. The number of benzene rings is 12. The standard InChI is InChI=1S/C72H46N2/c1-4-23-48(24-5-1)71(49-25-6-2-7-26-49)60-34-14-10-29-53(60)55-43-41-51(45-65(55)71)73(52-42-44-57-56-31-13-17-39-66(56)74(68(57)46-52)50-27-8-3-9-28-50)67-40-20-38-64-70(67)59-32-12-16-36-62(59)72(64)61-35-15-11-30-54(61)58-33-18-21-47-22-19-37-63(72)69(47)58/h1-46H/i18D,19D,21D,22D,33D,37D. The number of aromatic nitrogens is 1. The molecule has 74 heavy (non-hydrogen) atoms. The molecule has 0 radical (unpaired) electrons. The lowest BCUT2D eigenvalue weighted by atomic mass is 9.61. The van der Waals surface area contributed by atoms with Crippen LogP contribution in [0.1, 0.15) is 52.7 Å². The van der Waals surface area contributed by atoms with Gasteiger partial charge < -0.3 is 9.47 Å². The molecule has 0 aliphatic heterocycles. The van der Waals surface area contributed by atoms with Crippen molar-refractivity contribution in [2.45, 2.75) is 10.8 Å². The van der Waals surface area contributed by atoms with Gasteiger partial charge in [-0.25, -0.2) is 0 Å². The average Bonchev–Trinajstić information content (AvgIpc) is 2.29. The molecule has 0 fully saturated rings. The summed E-state index contributed by atoms with van der Waals surface area (Å²) >= 11 is 0. The van der Waals surface area contributed by atoms with Gasteiger partial charge in [0.05, 0.1) is 35.8 Å². The van der Waals surface area contributed by atoms with Crippen LogP contribution in [-0.4, -0.2) is 4.57 Å². The quantitative estimate of drug-likeness (QED) is 0.161. The van der Waals surface area contributed by atoms with Gasteiger partial charge in [-0.15, -0.1) is 0 Å². The lowest BCUT2D eigenvalue weighted by molar-refractivity contribution is 0.768. The normalized spacial score (nSPS) is 16.3. The molecule has 12 aromatic carbocycles. The molecule has 3 aliphatic carbocycles. The van der Waals surface area contributed by atoms with E-state index in [1.54, 1.807) is 0 Å². The third kappa shape index (κ3) is 5.33. The molecule has 0 amide bonds. The molecule has 16 rings (SSSR count). The Balaban J connectivity index is 1.05. The molecule has 0 saturated carbocycles.